The third-order valence-electron chi connectivity index (χ3n) is 9.47. The van der Waals surface area contributed by atoms with Crippen LogP contribution in [-0.2, 0) is 34.9 Å². The SMILES string of the molecule is CNC1=C(C)S(=O)(=O)OC12C(CO[Si](C)(C)C(C)(C)C)O[C@@H](n1cc(C)c(=O)n(C)c1=O)[C@@H]2O[Si](C)(C)C(C)(C)C. The fourth-order valence-corrected chi connectivity index (χ4v) is 8.30. The van der Waals surface area contributed by atoms with Crippen molar-refractivity contribution in [3.8, 4) is 0 Å². The van der Waals surface area contributed by atoms with Crippen LogP contribution in [0.3, 0.4) is 0 Å². The van der Waals surface area contributed by atoms with Gasteiger partial charge in [0, 0.05) is 25.9 Å². The molecule has 0 aliphatic carbocycles. The number of rotatable bonds is 7. The number of aryl methyl sites for hydroxylation is 1. The Morgan fingerprint density at radius 2 is 1.56 bits per heavy atom. The molecule has 41 heavy (non-hydrogen) atoms. The van der Waals surface area contributed by atoms with Crippen molar-refractivity contribution in [2.45, 2.75) is 116 Å². The predicted molar refractivity (Wildman–Crippen MR) is 164 cm³/mol. The third kappa shape index (κ3) is 5.61. The van der Waals surface area contributed by atoms with Crippen molar-refractivity contribution in [2.75, 3.05) is 13.7 Å². The van der Waals surface area contributed by atoms with Crippen molar-refractivity contribution >= 4 is 26.8 Å². The van der Waals surface area contributed by atoms with E-state index < -0.39 is 62.0 Å². The Balaban J connectivity index is 2.36. The van der Waals surface area contributed by atoms with E-state index in [9.17, 15) is 18.0 Å². The van der Waals surface area contributed by atoms with Crippen molar-refractivity contribution in [2.24, 2.45) is 7.05 Å². The number of nitrogens with zero attached hydrogens (tertiary/aromatic N) is 2. The van der Waals surface area contributed by atoms with E-state index in [0.29, 0.717) is 11.3 Å². The molecule has 1 aromatic rings. The van der Waals surface area contributed by atoms with E-state index in [1.54, 1.807) is 14.0 Å². The van der Waals surface area contributed by atoms with E-state index in [1.807, 2.05) is 13.1 Å². The maximum absolute atomic E-state index is 13.5. The van der Waals surface area contributed by atoms with E-state index in [2.05, 4.69) is 60.0 Å². The summed E-state index contributed by atoms with van der Waals surface area (Å²) in [5, 5.41) is 2.68. The van der Waals surface area contributed by atoms with Gasteiger partial charge in [0.25, 0.3) is 15.7 Å². The van der Waals surface area contributed by atoms with Crippen molar-refractivity contribution in [3.63, 3.8) is 0 Å². The molecule has 0 radical (unpaired) electrons. The Bertz CT molecular complexity index is 1450. The molecule has 2 unspecified atom stereocenters. The van der Waals surface area contributed by atoms with Gasteiger partial charge in [-0.1, -0.05) is 41.5 Å². The van der Waals surface area contributed by atoms with Gasteiger partial charge in [0.1, 0.15) is 12.2 Å². The number of ether oxygens (including phenoxy) is 1. The molecule has 0 bridgehead atoms. The first-order valence-electron chi connectivity index (χ1n) is 14.0. The van der Waals surface area contributed by atoms with Crippen LogP contribution in [0.5, 0.6) is 0 Å². The van der Waals surface area contributed by atoms with Gasteiger partial charge in [-0.25, -0.2) is 8.98 Å². The van der Waals surface area contributed by atoms with Crippen molar-refractivity contribution in [3.05, 3.63) is 43.2 Å². The van der Waals surface area contributed by atoms with E-state index in [-0.39, 0.29) is 21.6 Å². The zero-order chi connectivity index (χ0) is 31.7. The van der Waals surface area contributed by atoms with E-state index in [4.69, 9.17) is 17.8 Å². The smallest absolute Gasteiger partial charge is 0.332 e. The highest BCUT2D eigenvalue weighted by Crippen LogP contribution is 2.54. The molecule has 3 rings (SSSR count). The zero-order valence-electron chi connectivity index (χ0n) is 27.1. The molecule has 2 aliphatic heterocycles. The van der Waals surface area contributed by atoms with Gasteiger partial charge >= 0.3 is 5.69 Å². The first-order chi connectivity index (χ1) is 18.4. The highest BCUT2D eigenvalue weighted by molar-refractivity contribution is 7.91. The average molecular weight is 632 g/mol. The van der Waals surface area contributed by atoms with Crippen LogP contribution in [0.25, 0.3) is 0 Å². The second-order valence-electron chi connectivity index (χ2n) is 14.3. The number of likely N-dealkylation sites (N-methyl/N-ethyl adjacent to an activating group) is 1. The Kier molecular flexibility index (Phi) is 8.74. The number of hydrogen-bond donors (Lipinski definition) is 1. The summed E-state index contributed by atoms with van der Waals surface area (Å²) in [6.45, 7) is 24.0. The van der Waals surface area contributed by atoms with Gasteiger partial charge in [0.15, 0.2) is 28.5 Å². The maximum Gasteiger partial charge on any atom is 0.332 e. The molecule has 1 fully saturated rings. The highest BCUT2D eigenvalue weighted by atomic mass is 32.2. The fourth-order valence-electron chi connectivity index (χ4n) is 4.74. The molecule has 0 amide bonds. The Hall–Kier alpha value is -1.56. The minimum Gasteiger partial charge on any atom is -0.414 e. The quantitative estimate of drug-likeness (QED) is 0.354. The molecule has 3 heterocycles. The molecule has 234 valence electrons. The third-order valence-corrected chi connectivity index (χ3v) is 19.9. The van der Waals surface area contributed by atoms with Gasteiger partial charge in [-0.2, -0.15) is 8.42 Å². The molecule has 1 saturated heterocycles. The van der Waals surface area contributed by atoms with Crippen LogP contribution >= 0.6 is 0 Å². The van der Waals surface area contributed by atoms with Crippen LogP contribution in [0, 0.1) is 6.92 Å². The van der Waals surface area contributed by atoms with Gasteiger partial charge in [-0.05, 0) is 50.1 Å². The molecule has 14 heteroatoms. The largest absolute Gasteiger partial charge is 0.414 e. The normalized spacial score (nSPS) is 27.2. The van der Waals surface area contributed by atoms with E-state index in [0.717, 1.165) is 4.57 Å². The number of aromatic nitrogens is 2. The van der Waals surface area contributed by atoms with E-state index >= 15 is 0 Å². The Morgan fingerprint density at radius 3 is 2.05 bits per heavy atom. The Labute approximate surface area is 246 Å². The van der Waals surface area contributed by atoms with Crippen LogP contribution < -0.4 is 16.6 Å². The summed E-state index contributed by atoms with van der Waals surface area (Å²) < 4.78 is 55.5. The second-order valence-corrected chi connectivity index (χ2v) is 25.5. The summed E-state index contributed by atoms with van der Waals surface area (Å²) in [6.07, 6.45) is -1.70. The maximum atomic E-state index is 13.5. The van der Waals surface area contributed by atoms with Crippen LogP contribution in [0.2, 0.25) is 36.3 Å². The molecule has 2 aliphatic rings. The lowest BCUT2D eigenvalue weighted by molar-refractivity contribution is -0.0572. The summed E-state index contributed by atoms with van der Waals surface area (Å²) >= 11 is 0. The van der Waals surface area contributed by atoms with Gasteiger partial charge in [0.05, 0.1) is 17.2 Å². The number of allylic oxidation sites excluding steroid dienone is 1. The van der Waals surface area contributed by atoms with Crippen molar-refractivity contribution < 1.29 is 26.2 Å². The van der Waals surface area contributed by atoms with E-state index in [1.165, 1.54) is 24.7 Å². The summed E-state index contributed by atoms with van der Waals surface area (Å²) in [7, 11) is -6.11. The molecule has 1 aromatic heterocycles. The molecular weight excluding hydrogens is 583 g/mol. The summed E-state index contributed by atoms with van der Waals surface area (Å²) in [5.74, 6) is 0. The first kappa shape index (κ1) is 33.9. The molecule has 1 N–H and O–H groups in total. The molecule has 0 aromatic carbocycles. The minimum atomic E-state index is -4.17. The van der Waals surface area contributed by atoms with Crippen LogP contribution in [0.1, 0.15) is 60.3 Å². The lowest BCUT2D eigenvalue weighted by Gasteiger charge is -2.44. The lowest BCUT2D eigenvalue weighted by Crippen LogP contribution is -2.59. The van der Waals surface area contributed by atoms with Gasteiger partial charge in [-0.3, -0.25) is 13.9 Å². The fraction of sp³-hybridized carbons (Fsp3) is 0.778. The van der Waals surface area contributed by atoms with Gasteiger partial charge in [0.2, 0.25) is 0 Å². The molecule has 0 saturated carbocycles. The monoisotopic (exact) mass is 631 g/mol. The van der Waals surface area contributed by atoms with Crippen molar-refractivity contribution in [1.82, 2.24) is 14.5 Å². The number of hydrogen-bond acceptors (Lipinski definition) is 9. The first-order valence-corrected chi connectivity index (χ1v) is 21.2. The summed E-state index contributed by atoms with van der Waals surface area (Å²) in [4.78, 5) is 26.1. The van der Waals surface area contributed by atoms with Crippen LogP contribution in [0.15, 0.2) is 26.4 Å². The predicted octanol–water partition coefficient (Wildman–Crippen LogP) is 3.71. The molecule has 1 spiro atoms. The highest BCUT2D eigenvalue weighted by Gasteiger charge is 2.69. The minimum absolute atomic E-state index is 0.0117. The standard InChI is InChI=1S/C27H49N3O8SSi2/c1-17-15-30(24(32)29(10)22(17)31)23-21(37-41(13,14)26(6,7)8)27(20(28-9)18(2)39(33,34)38-27)19(36-23)16-35-40(11,12)25(3,4)5/h15,19,21,23,28H,16H2,1-14H3/t19?,21-,23+,27?/m0/s1. The zero-order valence-corrected chi connectivity index (χ0v) is 29.9. The second kappa shape index (κ2) is 10.6. The average Bonchev–Trinajstić information content (AvgIpc) is 3.21. The molecular formula is C27H49N3O8SSi2. The van der Waals surface area contributed by atoms with Gasteiger partial charge < -0.3 is 18.9 Å². The van der Waals surface area contributed by atoms with Crippen LogP contribution in [0.4, 0.5) is 0 Å². The Morgan fingerprint density at radius 1 is 1.02 bits per heavy atom. The van der Waals surface area contributed by atoms with Gasteiger partial charge in [-0.15, -0.1) is 0 Å². The number of nitrogens with one attached hydrogen (secondary N) is 1. The topological polar surface area (TPSA) is 127 Å². The summed E-state index contributed by atoms with van der Waals surface area (Å²) in [5.41, 5.74) is -2.06. The lowest BCUT2D eigenvalue weighted by atomic mass is 9.88. The van der Waals surface area contributed by atoms with Crippen LogP contribution in [-0.4, -0.2) is 65.7 Å². The van der Waals surface area contributed by atoms with Crippen molar-refractivity contribution in [1.29, 1.82) is 0 Å². The summed E-state index contributed by atoms with van der Waals surface area (Å²) in [6, 6.07) is 0. The molecule has 4 atom stereocenters. The molecule has 11 nitrogen and oxygen atoms in total.